The SMILES string of the molecule is CC.CC.CC.CN/C1=c2/cccc/c2=C/C(C)C(C)(F)c2ccccc21. The van der Waals surface area contributed by atoms with E-state index in [-0.39, 0.29) is 5.92 Å². The molecular weight excluding hydrogens is 333 g/mol. The molecule has 1 nitrogen and oxygen atoms in total. The lowest BCUT2D eigenvalue weighted by atomic mass is 9.80. The van der Waals surface area contributed by atoms with E-state index in [1.165, 1.54) is 0 Å². The lowest BCUT2D eigenvalue weighted by molar-refractivity contribution is 0.147. The summed E-state index contributed by atoms with van der Waals surface area (Å²) in [4.78, 5) is 0. The first-order valence-electron chi connectivity index (χ1n) is 10.3. The molecule has 0 amide bonds. The molecule has 0 radical (unpaired) electrons. The average molecular weight is 372 g/mol. The summed E-state index contributed by atoms with van der Waals surface area (Å²) in [5.74, 6) is -0.196. The molecule has 2 unspecified atom stereocenters. The Kier molecular flexibility index (Phi) is 11.4. The summed E-state index contributed by atoms with van der Waals surface area (Å²) in [6.45, 7) is 15.6. The molecule has 1 aliphatic rings. The molecule has 0 aromatic heterocycles. The van der Waals surface area contributed by atoms with Crippen molar-refractivity contribution in [1.29, 1.82) is 0 Å². The smallest absolute Gasteiger partial charge is 0.139 e. The Labute approximate surface area is 166 Å². The van der Waals surface area contributed by atoms with Gasteiger partial charge in [-0.05, 0) is 17.7 Å². The van der Waals surface area contributed by atoms with Crippen molar-refractivity contribution in [2.45, 2.75) is 61.1 Å². The molecule has 1 N–H and O–H groups in total. The standard InChI is InChI=1S/C19H20FN.3C2H6/c1-13-12-14-8-4-5-9-15(14)18(21-3)16-10-6-7-11-17(16)19(13,2)20;3*1-2/h4-13,21H,1-3H3;3*1-2H3/b14-12-,18-15-;;;. The number of halogens is 1. The highest BCUT2D eigenvalue weighted by Crippen LogP contribution is 2.38. The fraction of sp³-hybridized carbons (Fsp3) is 0.440. The summed E-state index contributed by atoms with van der Waals surface area (Å²) in [5.41, 5.74) is 1.27. The first-order chi connectivity index (χ1) is 13.1. The third-order valence-corrected chi connectivity index (χ3v) is 4.49. The molecule has 150 valence electrons. The monoisotopic (exact) mass is 371 g/mol. The number of nitrogens with one attached hydrogen (secondary N) is 1. The molecule has 0 bridgehead atoms. The highest BCUT2D eigenvalue weighted by atomic mass is 19.1. The van der Waals surface area contributed by atoms with Crippen LogP contribution in [0.25, 0.3) is 11.8 Å². The van der Waals surface area contributed by atoms with Crippen molar-refractivity contribution in [2.24, 2.45) is 5.92 Å². The van der Waals surface area contributed by atoms with Gasteiger partial charge in [0.15, 0.2) is 0 Å². The van der Waals surface area contributed by atoms with Crippen molar-refractivity contribution < 1.29 is 4.39 Å². The first kappa shape index (κ1) is 24.9. The maximum Gasteiger partial charge on any atom is 0.139 e. The number of alkyl halides is 1. The van der Waals surface area contributed by atoms with Crippen molar-refractivity contribution in [2.75, 3.05) is 7.05 Å². The van der Waals surface area contributed by atoms with E-state index in [1.54, 1.807) is 6.92 Å². The van der Waals surface area contributed by atoms with E-state index in [1.807, 2.05) is 104 Å². The molecule has 0 saturated carbocycles. The fourth-order valence-electron chi connectivity index (χ4n) is 3.08. The van der Waals surface area contributed by atoms with Gasteiger partial charge in [0.2, 0.25) is 0 Å². The second kappa shape index (κ2) is 12.3. The van der Waals surface area contributed by atoms with E-state index in [0.29, 0.717) is 0 Å². The third-order valence-electron chi connectivity index (χ3n) is 4.49. The van der Waals surface area contributed by atoms with Gasteiger partial charge in [-0.3, -0.25) is 0 Å². The Morgan fingerprint density at radius 2 is 1.37 bits per heavy atom. The summed E-state index contributed by atoms with van der Waals surface area (Å²) >= 11 is 0. The van der Waals surface area contributed by atoms with Crippen molar-refractivity contribution in [1.82, 2.24) is 5.32 Å². The van der Waals surface area contributed by atoms with Crippen molar-refractivity contribution in [3.05, 3.63) is 70.1 Å². The zero-order valence-electron chi connectivity index (χ0n) is 18.7. The minimum absolute atomic E-state index is 0.196. The molecule has 0 spiro atoms. The van der Waals surface area contributed by atoms with Gasteiger partial charge in [-0.15, -0.1) is 0 Å². The van der Waals surface area contributed by atoms with E-state index in [9.17, 15) is 0 Å². The Bertz CT molecular complexity index is 790. The zero-order valence-corrected chi connectivity index (χ0v) is 18.7. The van der Waals surface area contributed by atoms with Crippen LogP contribution < -0.4 is 15.8 Å². The molecule has 2 atom stereocenters. The lowest BCUT2D eigenvalue weighted by Gasteiger charge is -2.30. The summed E-state index contributed by atoms with van der Waals surface area (Å²) in [6, 6.07) is 15.9. The molecular formula is C25H38FN. The molecule has 1 aliphatic carbocycles. The predicted octanol–water partition coefficient (Wildman–Crippen LogP) is 5.76. The van der Waals surface area contributed by atoms with Crippen molar-refractivity contribution in [3.8, 4) is 0 Å². The van der Waals surface area contributed by atoms with Gasteiger partial charge < -0.3 is 5.32 Å². The predicted molar refractivity (Wildman–Crippen MR) is 120 cm³/mol. The lowest BCUT2D eigenvalue weighted by Crippen LogP contribution is -2.37. The summed E-state index contributed by atoms with van der Waals surface area (Å²) in [5, 5.41) is 5.46. The molecule has 27 heavy (non-hydrogen) atoms. The highest BCUT2D eigenvalue weighted by molar-refractivity contribution is 5.69. The van der Waals surface area contributed by atoms with Crippen LogP contribution in [-0.2, 0) is 5.67 Å². The summed E-state index contributed by atoms with van der Waals surface area (Å²) in [6.07, 6.45) is 2.03. The maximum absolute atomic E-state index is 15.4. The number of fused-ring (bicyclic) bond motifs is 2. The number of rotatable bonds is 1. The summed E-state index contributed by atoms with van der Waals surface area (Å²) in [7, 11) is 1.89. The van der Waals surface area contributed by atoms with Gasteiger partial charge in [0.05, 0.1) is 0 Å². The molecule has 3 rings (SSSR count). The van der Waals surface area contributed by atoms with Gasteiger partial charge in [0.1, 0.15) is 5.67 Å². The Morgan fingerprint density at radius 3 is 1.96 bits per heavy atom. The van der Waals surface area contributed by atoms with Crippen LogP contribution >= 0.6 is 0 Å². The molecule has 0 heterocycles. The first-order valence-corrected chi connectivity index (χ1v) is 10.3. The van der Waals surface area contributed by atoms with Gasteiger partial charge in [-0.1, -0.05) is 103 Å². The van der Waals surface area contributed by atoms with E-state index in [4.69, 9.17) is 0 Å². The Hall–Kier alpha value is -2.09. The van der Waals surface area contributed by atoms with E-state index < -0.39 is 5.67 Å². The van der Waals surface area contributed by atoms with Gasteiger partial charge in [-0.25, -0.2) is 4.39 Å². The Balaban J connectivity index is 0.00000103. The van der Waals surface area contributed by atoms with Crippen LogP contribution in [0.15, 0.2) is 48.5 Å². The number of benzene rings is 2. The average Bonchev–Trinajstić information content (AvgIpc) is 2.74. The van der Waals surface area contributed by atoms with Crippen LogP contribution in [0.4, 0.5) is 4.39 Å². The van der Waals surface area contributed by atoms with Crippen LogP contribution in [0.5, 0.6) is 0 Å². The number of hydrogen-bond donors (Lipinski definition) is 1. The molecule has 0 fully saturated rings. The maximum atomic E-state index is 15.4. The van der Waals surface area contributed by atoms with E-state index >= 15 is 4.39 Å². The normalized spacial score (nSPS) is 22.7. The molecule has 2 aromatic rings. The molecule has 0 aliphatic heterocycles. The zero-order chi connectivity index (χ0) is 21.0. The van der Waals surface area contributed by atoms with E-state index in [2.05, 4.69) is 11.4 Å². The minimum atomic E-state index is -1.40. The fourth-order valence-corrected chi connectivity index (χ4v) is 3.08. The van der Waals surface area contributed by atoms with Crippen molar-refractivity contribution >= 4 is 11.8 Å². The van der Waals surface area contributed by atoms with Crippen LogP contribution in [0.2, 0.25) is 0 Å². The largest absolute Gasteiger partial charge is 0.387 e. The molecule has 2 heteroatoms. The third kappa shape index (κ3) is 5.45. The van der Waals surface area contributed by atoms with Crippen LogP contribution in [0.1, 0.15) is 66.5 Å². The molecule has 0 saturated heterocycles. The Morgan fingerprint density at radius 1 is 0.852 bits per heavy atom. The van der Waals surface area contributed by atoms with Gasteiger partial charge in [0.25, 0.3) is 0 Å². The van der Waals surface area contributed by atoms with Crippen LogP contribution in [-0.4, -0.2) is 7.05 Å². The van der Waals surface area contributed by atoms with Crippen molar-refractivity contribution in [3.63, 3.8) is 0 Å². The minimum Gasteiger partial charge on any atom is -0.387 e. The quantitative estimate of drug-likeness (QED) is 0.672. The second-order valence-corrected chi connectivity index (χ2v) is 5.79. The van der Waals surface area contributed by atoms with Gasteiger partial charge in [0, 0.05) is 29.4 Å². The highest BCUT2D eigenvalue weighted by Gasteiger charge is 2.35. The van der Waals surface area contributed by atoms with E-state index in [0.717, 1.165) is 27.3 Å². The second-order valence-electron chi connectivity index (χ2n) is 5.79. The van der Waals surface area contributed by atoms with Gasteiger partial charge >= 0.3 is 0 Å². The topological polar surface area (TPSA) is 12.0 Å². The van der Waals surface area contributed by atoms with Crippen LogP contribution in [0.3, 0.4) is 0 Å². The number of hydrogen-bond acceptors (Lipinski definition) is 1. The summed E-state index contributed by atoms with van der Waals surface area (Å²) < 4.78 is 15.4. The molecule has 2 aromatic carbocycles. The van der Waals surface area contributed by atoms with Crippen LogP contribution in [0, 0.1) is 5.92 Å². The van der Waals surface area contributed by atoms with Gasteiger partial charge in [-0.2, -0.15) is 0 Å².